The van der Waals surface area contributed by atoms with Gasteiger partial charge in [-0.05, 0) is 62.8 Å². The maximum atomic E-state index is 14.7. The van der Waals surface area contributed by atoms with Gasteiger partial charge in [-0.25, -0.2) is 18.2 Å². The van der Waals surface area contributed by atoms with E-state index in [0.717, 1.165) is 37.8 Å². The van der Waals surface area contributed by atoms with Crippen molar-refractivity contribution in [1.29, 1.82) is 0 Å². The van der Waals surface area contributed by atoms with E-state index in [-0.39, 0.29) is 22.5 Å². The summed E-state index contributed by atoms with van der Waals surface area (Å²) in [6, 6.07) is 6.93. The number of halogens is 3. The molecule has 0 atom stereocenters. The van der Waals surface area contributed by atoms with Crippen LogP contribution in [0.1, 0.15) is 43.2 Å². The van der Waals surface area contributed by atoms with Crippen molar-refractivity contribution in [2.45, 2.75) is 49.7 Å². The van der Waals surface area contributed by atoms with Gasteiger partial charge in [-0.2, -0.15) is 0 Å². The Morgan fingerprint density at radius 3 is 2.66 bits per heavy atom. The Morgan fingerprint density at radius 2 is 1.91 bits per heavy atom. The lowest BCUT2D eigenvalue weighted by atomic mass is 9.69. The van der Waals surface area contributed by atoms with Crippen molar-refractivity contribution in [3.05, 3.63) is 71.2 Å². The average Bonchev–Trinajstić information content (AvgIpc) is 2.89. The number of hydrogen-bond acceptors (Lipinski definition) is 5. The first-order valence-electron chi connectivity index (χ1n) is 11.9. The normalized spacial score (nSPS) is 23.9. The van der Waals surface area contributed by atoms with Gasteiger partial charge in [0.15, 0.2) is 0 Å². The van der Waals surface area contributed by atoms with E-state index in [9.17, 15) is 13.2 Å². The van der Waals surface area contributed by atoms with Crippen LogP contribution in [0.5, 0.6) is 5.88 Å². The highest BCUT2D eigenvalue weighted by molar-refractivity contribution is 5.78. The van der Waals surface area contributed by atoms with E-state index in [0.29, 0.717) is 48.5 Å². The molecule has 6 rings (SSSR count). The van der Waals surface area contributed by atoms with Crippen molar-refractivity contribution in [2.24, 2.45) is 0 Å². The van der Waals surface area contributed by atoms with Crippen LogP contribution in [-0.4, -0.2) is 41.4 Å². The van der Waals surface area contributed by atoms with Crippen LogP contribution in [0.3, 0.4) is 0 Å². The van der Waals surface area contributed by atoms with E-state index in [1.54, 1.807) is 18.2 Å². The average molecular weight is 484 g/mol. The van der Waals surface area contributed by atoms with E-state index < -0.39 is 11.6 Å². The third-order valence-corrected chi connectivity index (χ3v) is 7.40. The molecule has 2 aromatic heterocycles. The number of nitrogens with zero attached hydrogens (tertiary/aromatic N) is 2. The van der Waals surface area contributed by atoms with Crippen LogP contribution in [-0.2, 0) is 11.2 Å². The molecule has 3 aliphatic rings. The highest BCUT2D eigenvalue weighted by Crippen LogP contribution is 2.46. The molecule has 0 spiro atoms. The van der Waals surface area contributed by atoms with Gasteiger partial charge in [0.2, 0.25) is 5.88 Å². The van der Waals surface area contributed by atoms with E-state index in [4.69, 9.17) is 9.47 Å². The number of aryl methyl sites for hydroxylation is 1. The van der Waals surface area contributed by atoms with E-state index in [1.807, 2.05) is 6.08 Å². The molecule has 1 saturated carbocycles. The van der Waals surface area contributed by atoms with Gasteiger partial charge in [0.25, 0.3) is 0 Å². The third-order valence-electron chi connectivity index (χ3n) is 7.40. The number of benzene rings is 1. The second-order valence-electron chi connectivity index (χ2n) is 9.51. The second kappa shape index (κ2) is 9.59. The Hall–Kier alpha value is -2.97. The molecule has 2 aliphatic heterocycles. The summed E-state index contributed by atoms with van der Waals surface area (Å²) < 4.78 is 53.4. The van der Waals surface area contributed by atoms with E-state index >= 15 is 0 Å². The van der Waals surface area contributed by atoms with Crippen LogP contribution in [0.15, 0.2) is 42.6 Å². The monoisotopic (exact) mass is 483 g/mol. The fourth-order valence-corrected chi connectivity index (χ4v) is 5.20. The SMILES string of the molecule is COc1ccc2ncc(F)c(CCC34CCC(NCC=Cc5cc(F)ccc5F)(CC3)CO4)c2n1. The number of nitrogens with one attached hydrogen (secondary N) is 1. The smallest absolute Gasteiger partial charge is 0.213 e. The summed E-state index contributed by atoms with van der Waals surface area (Å²) >= 11 is 0. The summed E-state index contributed by atoms with van der Waals surface area (Å²) in [5.74, 6) is -0.840. The molecule has 184 valence electrons. The lowest BCUT2D eigenvalue weighted by molar-refractivity contribution is -0.164. The van der Waals surface area contributed by atoms with Crippen molar-refractivity contribution < 1.29 is 22.6 Å². The minimum absolute atomic E-state index is 0.129. The molecule has 4 heterocycles. The highest BCUT2D eigenvalue weighted by Gasteiger charge is 2.49. The third kappa shape index (κ3) is 4.90. The van der Waals surface area contributed by atoms with Gasteiger partial charge in [0.1, 0.15) is 17.5 Å². The zero-order valence-electron chi connectivity index (χ0n) is 19.6. The van der Waals surface area contributed by atoms with Gasteiger partial charge in [-0.1, -0.05) is 12.2 Å². The van der Waals surface area contributed by atoms with Crippen LogP contribution in [0.2, 0.25) is 0 Å². The van der Waals surface area contributed by atoms with Crippen molar-refractivity contribution in [3.8, 4) is 5.88 Å². The molecule has 35 heavy (non-hydrogen) atoms. The first-order valence-corrected chi connectivity index (χ1v) is 11.9. The first-order chi connectivity index (χ1) is 16.9. The van der Waals surface area contributed by atoms with Gasteiger partial charge in [-0.15, -0.1) is 0 Å². The largest absolute Gasteiger partial charge is 0.481 e. The number of pyridine rings is 2. The number of hydrogen-bond donors (Lipinski definition) is 1. The van der Waals surface area contributed by atoms with Crippen molar-refractivity contribution in [1.82, 2.24) is 15.3 Å². The van der Waals surface area contributed by atoms with Gasteiger partial charge in [0.05, 0.1) is 36.5 Å². The molecule has 1 aromatic carbocycles. The Balaban J connectivity index is 1.20. The van der Waals surface area contributed by atoms with Gasteiger partial charge in [0, 0.05) is 29.3 Å². The molecule has 3 fully saturated rings. The molecule has 0 amide bonds. The van der Waals surface area contributed by atoms with Gasteiger partial charge in [-0.3, -0.25) is 4.98 Å². The predicted octanol–water partition coefficient (Wildman–Crippen LogP) is 5.37. The fourth-order valence-electron chi connectivity index (χ4n) is 5.20. The fraction of sp³-hybridized carbons (Fsp3) is 0.407. The molecule has 1 aliphatic carbocycles. The lowest BCUT2D eigenvalue weighted by Crippen LogP contribution is -2.61. The summed E-state index contributed by atoms with van der Waals surface area (Å²) in [6.07, 6.45) is 9.51. The summed E-state index contributed by atoms with van der Waals surface area (Å²) in [5.41, 5.74) is 1.55. The number of rotatable bonds is 8. The minimum Gasteiger partial charge on any atom is -0.481 e. The summed E-state index contributed by atoms with van der Waals surface area (Å²) in [7, 11) is 1.53. The number of methoxy groups -OCH3 is 1. The van der Waals surface area contributed by atoms with Gasteiger partial charge < -0.3 is 14.8 Å². The minimum atomic E-state index is -0.462. The first kappa shape index (κ1) is 23.8. The molecule has 2 saturated heterocycles. The molecule has 5 nitrogen and oxygen atoms in total. The summed E-state index contributed by atoms with van der Waals surface area (Å²) in [4.78, 5) is 8.59. The lowest BCUT2D eigenvalue weighted by Gasteiger charge is -2.53. The molecule has 0 unspecified atom stereocenters. The molecular weight excluding hydrogens is 455 g/mol. The molecular formula is C27H28F3N3O2. The van der Waals surface area contributed by atoms with Crippen LogP contribution >= 0.6 is 0 Å². The van der Waals surface area contributed by atoms with Crippen molar-refractivity contribution in [2.75, 3.05) is 20.3 Å². The Bertz CT molecular complexity index is 1240. The van der Waals surface area contributed by atoms with E-state index in [2.05, 4.69) is 15.3 Å². The van der Waals surface area contributed by atoms with Crippen molar-refractivity contribution >= 4 is 17.1 Å². The molecule has 8 heteroatoms. The number of fused-ring (bicyclic) bond motifs is 4. The molecule has 2 bridgehead atoms. The van der Waals surface area contributed by atoms with E-state index in [1.165, 1.54) is 19.4 Å². The number of ether oxygens (including phenoxy) is 2. The van der Waals surface area contributed by atoms with Crippen LogP contribution in [0.25, 0.3) is 17.1 Å². The molecule has 1 N–H and O–H groups in total. The second-order valence-corrected chi connectivity index (χ2v) is 9.51. The highest BCUT2D eigenvalue weighted by atomic mass is 19.1. The zero-order valence-corrected chi connectivity index (χ0v) is 19.6. The van der Waals surface area contributed by atoms with Gasteiger partial charge >= 0.3 is 0 Å². The van der Waals surface area contributed by atoms with Crippen molar-refractivity contribution in [3.63, 3.8) is 0 Å². The molecule has 3 aromatic rings. The Morgan fingerprint density at radius 1 is 1.09 bits per heavy atom. The number of aromatic nitrogens is 2. The summed E-state index contributed by atoms with van der Waals surface area (Å²) in [6.45, 7) is 1.11. The standard InChI is InChI=1S/C27H28F3N3O2/c1-34-24-7-6-23-25(33-24)20(22(30)16-31-23)8-9-27-12-10-26(11-13-27,17-35-27)32-14-2-3-18-15-19(28)4-5-21(18)29/h2-7,15-16,32H,8-14,17H2,1H3. The van der Waals surface area contributed by atoms with Crippen LogP contribution < -0.4 is 10.1 Å². The zero-order chi connectivity index (χ0) is 24.5. The maximum Gasteiger partial charge on any atom is 0.213 e. The summed E-state index contributed by atoms with van der Waals surface area (Å²) in [5, 5.41) is 3.54. The Kier molecular flexibility index (Phi) is 6.51. The Labute approximate surface area is 202 Å². The molecule has 0 radical (unpaired) electrons. The quantitative estimate of drug-likeness (QED) is 0.467. The van der Waals surface area contributed by atoms with Crippen LogP contribution in [0.4, 0.5) is 13.2 Å². The topological polar surface area (TPSA) is 56.3 Å². The predicted molar refractivity (Wildman–Crippen MR) is 128 cm³/mol. The van der Waals surface area contributed by atoms with Crippen LogP contribution in [0, 0.1) is 17.5 Å². The maximum absolute atomic E-state index is 14.7.